The highest BCUT2D eigenvalue weighted by Crippen LogP contribution is 2.42. The largest absolute Gasteiger partial charge is 0.494 e. The van der Waals surface area contributed by atoms with Gasteiger partial charge in [-0.2, -0.15) is 0 Å². The van der Waals surface area contributed by atoms with Crippen LogP contribution in [0.2, 0.25) is 0 Å². The molecule has 2 aromatic carbocycles. The normalized spacial score (nSPS) is 19.3. The summed E-state index contributed by atoms with van der Waals surface area (Å²) in [6.45, 7) is 2.53. The number of carbonyl (C=O) groups excluding carboxylic acids is 1. The lowest BCUT2D eigenvalue weighted by Crippen LogP contribution is -2.25. The maximum absolute atomic E-state index is 13.7. The second-order valence-corrected chi connectivity index (χ2v) is 11.5. The second-order valence-electron chi connectivity index (χ2n) is 9.27. The minimum absolute atomic E-state index is 0.0718. The molecular formula is C26H34FNO4S. The van der Waals surface area contributed by atoms with Gasteiger partial charge in [-0.3, -0.25) is 4.79 Å². The number of nitrogens with one attached hydrogen (secondary N) is 1. The van der Waals surface area contributed by atoms with Crippen LogP contribution in [0.1, 0.15) is 72.3 Å². The summed E-state index contributed by atoms with van der Waals surface area (Å²) in [4.78, 5) is 12.3. The fourth-order valence-corrected chi connectivity index (χ4v) is 5.42. The van der Waals surface area contributed by atoms with Gasteiger partial charge in [-0.05, 0) is 85.3 Å². The number of ether oxygens (including phenoxy) is 1. The standard InChI is InChI=1S/C26H34FNO4S/c1-18(22-11-12-24(27)25(17-22)32-2)15-19-5-6-23(16-19)20-7-9-21(10-8-20)26(29)28-13-4-14-33(3,30)31/h7-12,17-19,23H,4-6,13-16H2,1-3H3,(H,28,29)/t18-,19+,23+/m0/s1. The van der Waals surface area contributed by atoms with E-state index >= 15 is 0 Å². The molecule has 2 aromatic rings. The predicted molar refractivity (Wildman–Crippen MR) is 129 cm³/mol. The summed E-state index contributed by atoms with van der Waals surface area (Å²) < 4.78 is 41.2. The molecule has 1 aliphatic rings. The monoisotopic (exact) mass is 475 g/mol. The van der Waals surface area contributed by atoms with Gasteiger partial charge < -0.3 is 10.1 Å². The Balaban J connectivity index is 1.50. The minimum atomic E-state index is -3.01. The highest BCUT2D eigenvalue weighted by molar-refractivity contribution is 7.90. The maximum Gasteiger partial charge on any atom is 0.251 e. The molecule has 0 unspecified atom stereocenters. The zero-order valence-corrected chi connectivity index (χ0v) is 20.5. The molecule has 0 saturated heterocycles. The molecule has 1 aliphatic carbocycles. The Labute approximate surface area is 196 Å². The second kappa shape index (κ2) is 11.1. The van der Waals surface area contributed by atoms with Gasteiger partial charge in [0.1, 0.15) is 9.84 Å². The van der Waals surface area contributed by atoms with E-state index in [1.807, 2.05) is 30.3 Å². The summed E-state index contributed by atoms with van der Waals surface area (Å²) in [6, 6.07) is 12.9. The molecule has 0 aliphatic heterocycles. The van der Waals surface area contributed by atoms with Crippen LogP contribution >= 0.6 is 0 Å². The zero-order valence-electron chi connectivity index (χ0n) is 19.6. The Hall–Kier alpha value is -2.41. The van der Waals surface area contributed by atoms with Crippen molar-refractivity contribution in [3.05, 3.63) is 65.0 Å². The van der Waals surface area contributed by atoms with Gasteiger partial charge in [0.2, 0.25) is 0 Å². The molecule has 33 heavy (non-hydrogen) atoms. The summed E-state index contributed by atoms with van der Waals surface area (Å²) in [5.74, 6) is 1.28. The van der Waals surface area contributed by atoms with Crippen molar-refractivity contribution in [2.45, 2.75) is 50.9 Å². The number of methoxy groups -OCH3 is 1. The molecule has 0 heterocycles. The number of hydrogen-bond donors (Lipinski definition) is 1. The van der Waals surface area contributed by atoms with Crippen molar-refractivity contribution in [1.82, 2.24) is 5.32 Å². The Bertz CT molecular complexity index is 1050. The van der Waals surface area contributed by atoms with Crippen LogP contribution in [0, 0.1) is 11.7 Å². The van der Waals surface area contributed by atoms with E-state index in [0.717, 1.165) is 31.2 Å². The lowest BCUT2D eigenvalue weighted by molar-refractivity contribution is 0.0953. The van der Waals surface area contributed by atoms with E-state index in [0.29, 0.717) is 42.0 Å². The van der Waals surface area contributed by atoms with Crippen LogP contribution in [0.15, 0.2) is 42.5 Å². The van der Waals surface area contributed by atoms with Crippen LogP contribution in [0.25, 0.3) is 0 Å². The van der Waals surface area contributed by atoms with E-state index in [-0.39, 0.29) is 17.5 Å². The van der Waals surface area contributed by atoms with Gasteiger partial charge in [0.15, 0.2) is 11.6 Å². The molecular weight excluding hydrogens is 441 g/mol. The van der Waals surface area contributed by atoms with E-state index in [4.69, 9.17) is 4.74 Å². The van der Waals surface area contributed by atoms with Crippen molar-refractivity contribution in [3.63, 3.8) is 0 Å². The fraction of sp³-hybridized carbons (Fsp3) is 0.500. The summed E-state index contributed by atoms with van der Waals surface area (Å²) in [6.07, 6.45) is 6.06. The first-order chi connectivity index (χ1) is 15.7. The van der Waals surface area contributed by atoms with Crippen molar-refractivity contribution in [2.75, 3.05) is 25.7 Å². The van der Waals surface area contributed by atoms with Crippen LogP contribution < -0.4 is 10.1 Å². The SMILES string of the molecule is COc1cc([C@@H](C)C[C@H]2CC[C@@H](c3ccc(C(=O)NCCCS(C)(=O)=O)cc3)C2)ccc1F. The first kappa shape index (κ1) is 25.2. The molecule has 180 valence electrons. The fourth-order valence-electron chi connectivity index (χ4n) is 4.76. The number of benzene rings is 2. The zero-order chi connectivity index (χ0) is 24.0. The van der Waals surface area contributed by atoms with Crippen molar-refractivity contribution >= 4 is 15.7 Å². The number of rotatable bonds is 10. The molecule has 3 rings (SSSR count). The van der Waals surface area contributed by atoms with Gasteiger partial charge in [0.25, 0.3) is 5.91 Å². The molecule has 3 atom stereocenters. The molecule has 0 bridgehead atoms. The number of sulfone groups is 1. The molecule has 1 amide bonds. The third-order valence-corrected chi connectivity index (χ3v) is 7.62. The van der Waals surface area contributed by atoms with Crippen molar-refractivity contribution < 1.29 is 22.3 Å². The highest BCUT2D eigenvalue weighted by atomic mass is 32.2. The molecule has 0 radical (unpaired) electrons. The third-order valence-electron chi connectivity index (χ3n) is 6.59. The van der Waals surface area contributed by atoms with Gasteiger partial charge in [0, 0.05) is 18.4 Å². The van der Waals surface area contributed by atoms with Gasteiger partial charge in [0.05, 0.1) is 12.9 Å². The third kappa shape index (κ3) is 7.29. The smallest absolute Gasteiger partial charge is 0.251 e. The number of halogens is 1. The number of hydrogen-bond acceptors (Lipinski definition) is 4. The Kier molecular flexibility index (Phi) is 8.51. The van der Waals surface area contributed by atoms with E-state index < -0.39 is 9.84 Å². The molecule has 7 heteroatoms. The predicted octanol–water partition coefficient (Wildman–Crippen LogP) is 5.08. The molecule has 1 N–H and O–H groups in total. The van der Waals surface area contributed by atoms with E-state index in [1.54, 1.807) is 6.07 Å². The van der Waals surface area contributed by atoms with Crippen LogP contribution in [0.3, 0.4) is 0 Å². The average Bonchev–Trinajstić information content (AvgIpc) is 3.24. The lowest BCUT2D eigenvalue weighted by atomic mass is 9.88. The van der Waals surface area contributed by atoms with Gasteiger partial charge in [-0.15, -0.1) is 0 Å². The van der Waals surface area contributed by atoms with Crippen molar-refractivity contribution in [1.29, 1.82) is 0 Å². The summed E-state index contributed by atoms with van der Waals surface area (Å²) in [7, 11) is -1.52. The first-order valence-electron chi connectivity index (χ1n) is 11.6. The summed E-state index contributed by atoms with van der Waals surface area (Å²) in [5, 5.41) is 2.78. The Morgan fingerprint density at radius 2 is 1.91 bits per heavy atom. The molecule has 0 spiro atoms. The molecule has 1 saturated carbocycles. The maximum atomic E-state index is 13.7. The number of amides is 1. The average molecular weight is 476 g/mol. The van der Waals surface area contributed by atoms with Crippen molar-refractivity contribution in [3.8, 4) is 5.75 Å². The minimum Gasteiger partial charge on any atom is -0.494 e. The molecule has 1 fully saturated rings. The Morgan fingerprint density at radius 1 is 1.18 bits per heavy atom. The highest BCUT2D eigenvalue weighted by Gasteiger charge is 2.27. The molecule has 0 aromatic heterocycles. The molecule has 5 nitrogen and oxygen atoms in total. The van der Waals surface area contributed by atoms with Gasteiger partial charge in [-0.1, -0.05) is 25.1 Å². The van der Waals surface area contributed by atoms with Crippen LogP contribution in [-0.2, 0) is 9.84 Å². The van der Waals surface area contributed by atoms with Gasteiger partial charge >= 0.3 is 0 Å². The summed E-state index contributed by atoms with van der Waals surface area (Å²) >= 11 is 0. The quantitative estimate of drug-likeness (QED) is 0.487. The van der Waals surface area contributed by atoms with Crippen molar-refractivity contribution in [2.24, 2.45) is 5.92 Å². The van der Waals surface area contributed by atoms with E-state index in [9.17, 15) is 17.6 Å². The van der Waals surface area contributed by atoms with E-state index in [1.165, 1.54) is 25.0 Å². The topological polar surface area (TPSA) is 72.5 Å². The first-order valence-corrected chi connectivity index (χ1v) is 13.6. The van der Waals surface area contributed by atoms with Crippen LogP contribution in [0.4, 0.5) is 4.39 Å². The summed E-state index contributed by atoms with van der Waals surface area (Å²) in [5.41, 5.74) is 2.94. The number of carbonyl (C=O) groups is 1. The van der Waals surface area contributed by atoms with Gasteiger partial charge in [-0.25, -0.2) is 12.8 Å². The van der Waals surface area contributed by atoms with Crippen LogP contribution in [0.5, 0.6) is 5.75 Å². The van der Waals surface area contributed by atoms with Crippen LogP contribution in [-0.4, -0.2) is 40.0 Å². The Morgan fingerprint density at radius 3 is 2.58 bits per heavy atom. The van der Waals surface area contributed by atoms with E-state index in [2.05, 4.69) is 12.2 Å². The lowest BCUT2D eigenvalue weighted by Gasteiger charge is -2.18.